The minimum absolute atomic E-state index is 0.00989. The van der Waals surface area contributed by atoms with Gasteiger partial charge in [0.15, 0.2) is 17.3 Å². The lowest BCUT2D eigenvalue weighted by Crippen LogP contribution is -2.35. The Hall–Kier alpha value is -3.94. The summed E-state index contributed by atoms with van der Waals surface area (Å²) in [6.45, 7) is 1.85. The second-order valence-electron chi connectivity index (χ2n) is 8.37. The van der Waals surface area contributed by atoms with Crippen LogP contribution in [0.2, 0.25) is 0 Å². The lowest BCUT2D eigenvalue weighted by atomic mass is 9.74. The highest BCUT2D eigenvalue weighted by Gasteiger charge is 2.40. The van der Waals surface area contributed by atoms with Gasteiger partial charge in [0, 0.05) is 40.6 Å². The Kier molecular flexibility index (Phi) is 7.00. The van der Waals surface area contributed by atoms with Crippen molar-refractivity contribution in [1.82, 2.24) is 5.32 Å². The number of carbonyl (C=O) groups excluding carboxylic acids is 2. The number of hydrogen-bond donors (Lipinski definition) is 2. The van der Waals surface area contributed by atoms with Crippen LogP contribution < -0.4 is 29.6 Å². The quantitative estimate of drug-likeness (QED) is 0.612. The van der Waals surface area contributed by atoms with Crippen LogP contribution in [0.25, 0.3) is 0 Å². The third kappa shape index (κ3) is 4.43. The van der Waals surface area contributed by atoms with Crippen molar-refractivity contribution in [2.24, 2.45) is 0 Å². The minimum atomic E-state index is -0.650. The number of methoxy groups -OCH3 is 4. The van der Waals surface area contributed by atoms with Gasteiger partial charge in [-0.2, -0.15) is 0 Å². The van der Waals surface area contributed by atoms with Crippen LogP contribution in [-0.4, -0.2) is 40.1 Å². The summed E-state index contributed by atoms with van der Waals surface area (Å²) in [4.78, 5) is 27.0. The Bertz CT molecular complexity index is 1230. The van der Waals surface area contributed by atoms with E-state index in [1.165, 1.54) is 0 Å². The standard InChI is InChI=1S/C27H30N2O6/c1-15-24(27(31)29-17-9-6-7-12-20(17)32-2)25(26-18(28-15)10-8-11-19(26)30)16-13-22(34-4)23(35-5)14-21(16)33-3/h6-7,9,12-14,25,28H,8,10-11H2,1-5H3,(H,29,31)/t25-/m1/s1. The zero-order chi connectivity index (χ0) is 25.1. The van der Waals surface area contributed by atoms with E-state index in [1.807, 2.05) is 19.1 Å². The summed E-state index contributed by atoms with van der Waals surface area (Å²) < 4.78 is 22.1. The molecule has 1 aliphatic heterocycles. The maximum Gasteiger partial charge on any atom is 0.254 e. The van der Waals surface area contributed by atoms with E-state index in [9.17, 15) is 9.59 Å². The first kappa shape index (κ1) is 24.2. The molecule has 1 aliphatic carbocycles. The molecule has 2 aromatic rings. The molecule has 2 aromatic carbocycles. The van der Waals surface area contributed by atoms with Crippen LogP contribution >= 0.6 is 0 Å². The van der Waals surface area contributed by atoms with Crippen LogP contribution in [0, 0.1) is 0 Å². The first-order valence-electron chi connectivity index (χ1n) is 11.4. The molecule has 8 nitrogen and oxygen atoms in total. The third-order valence-electron chi connectivity index (χ3n) is 6.42. The van der Waals surface area contributed by atoms with Crippen LogP contribution in [0.1, 0.15) is 37.7 Å². The van der Waals surface area contributed by atoms with Gasteiger partial charge in [-0.05, 0) is 38.0 Å². The molecule has 0 bridgehead atoms. The topological polar surface area (TPSA) is 95.1 Å². The predicted octanol–water partition coefficient (Wildman–Crippen LogP) is 4.33. The number of hydrogen-bond acceptors (Lipinski definition) is 7. The van der Waals surface area contributed by atoms with Crippen LogP contribution in [-0.2, 0) is 9.59 Å². The van der Waals surface area contributed by atoms with Crippen molar-refractivity contribution < 1.29 is 28.5 Å². The van der Waals surface area contributed by atoms with E-state index >= 15 is 0 Å². The molecule has 0 radical (unpaired) electrons. The summed E-state index contributed by atoms with van der Waals surface area (Å²) in [5, 5.41) is 6.30. The van der Waals surface area contributed by atoms with Crippen molar-refractivity contribution in [3.8, 4) is 23.0 Å². The zero-order valence-corrected chi connectivity index (χ0v) is 20.6. The molecule has 35 heavy (non-hydrogen) atoms. The number of nitrogens with one attached hydrogen (secondary N) is 2. The third-order valence-corrected chi connectivity index (χ3v) is 6.42. The second-order valence-corrected chi connectivity index (χ2v) is 8.37. The lowest BCUT2D eigenvalue weighted by molar-refractivity contribution is -0.116. The number of rotatable bonds is 7. The number of benzene rings is 2. The molecule has 0 spiro atoms. The van der Waals surface area contributed by atoms with E-state index in [4.69, 9.17) is 18.9 Å². The number of allylic oxidation sites excluding steroid dienone is 3. The van der Waals surface area contributed by atoms with Crippen LogP contribution in [0.15, 0.2) is 58.9 Å². The Morgan fingerprint density at radius 3 is 2.26 bits per heavy atom. The first-order valence-corrected chi connectivity index (χ1v) is 11.4. The monoisotopic (exact) mass is 478 g/mol. The molecule has 2 aliphatic rings. The number of ether oxygens (including phenoxy) is 4. The van der Waals surface area contributed by atoms with E-state index in [1.54, 1.807) is 52.7 Å². The van der Waals surface area contributed by atoms with Gasteiger partial charge >= 0.3 is 0 Å². The molecular formula is C27H30N2O6. The summed E-state index contributed by atoms with van der Waals surface area (Å²) >= 11 is 0. The highest BCUT2D eigenvalue weighted by Crippen LogP contribution is 2.48. The van der Waals surface area contributed by atoms with E-state index in [0.717, 1.165) is 18.5 Å². The number of amides is 1. The largest absolute Gasteiger partial charge is 0.496 e. The molecule has 0 saturated heterocycles. The minimum Gasteiger partial charge on any atom is -0.496 e. The van der Waals surface area contributed by atoms with Gasteiger partial charge in [0.1, 0.15) is 11.5 Å². The predicted molar refractivity (Wildman–Crippen MR) is 132 cm³/mol. The fourth-order valence-corrected chi connectivity index (χ4v) is 4.81. The summed E-state index contributed by atoms with van der Waals surface area (Å²) in [7, 11) is 6.19. The number of carbonyl (C=O) groups is 2. The highest BCUT2D eigenvalue weighted by molar-refractivity contribution is 6.10. The van der Waals surface area contributed by atoms with Crippen molar-refractivity contribution in [2.45, 2.75) is 32.1 Å². The van der Waals surface area contributed by atoms with E-state index in [0.29, 0.717) is 57.5 Å². The van der Waals surface area contributed by atoms with Gasteiger partial charge in [0.05, 0.1) is 40.0 Å². The van der Waals surface area contributed by atoms with Gasteiger partial charge in [-0.15, -0.1) is 0 Å². The normalized spacial score (nSPS) is 17.4. The van der Waals surface area contributed by atoms with Gasteiger partial charge in [-0.25, -0.2) is 0 Å². The number of dihydropyridines is 1. The Morgan fingerprint density at radius 1 is 0.914 bits per heavy atom. The van der Waals surface area contributed by atoms with E-state index < -0.39 is 5.92 Å². The second kappa shape index (κ2) is 10.1. The van der Waals surface area contributed by atoms with Crippen molar-refractivity contribution in [3.05, 3.63) is 64.5 Å². The Labute approximate surface area is 204 Å². The molecule has 0 unspecified atom stereocenters. The lowest BCUT2D eigenvalue weighted by Gasteiger charge is -2.35. The van der Waals surface area contributed by atoms with Crippen molar-refractivity contribution in [2.75, 3.05) is 33.8 Å². The fourth-order valence-electron chi connectivity index (χ4n) is 4.81. The molecule has 1 atom stereocenters. The van der Waals surface area contributed by atoms with Crippen LogP contribution in [0.3, 0.4) is 0 Å². The average Bonchev–Trinajstić information content (AvgIpc) is 2.87. The van der Waals surface area contributed by atoms with Gasteiger partial charge in [-0.1, -0.05) is 12.1 Å². The Balaban J connectivity index is 1.89. The molecule has 0 saturated carbocycles. The van der Waals surface area contributed by atoms with Crippen molar-refractivity contribution in [1.29, 1.82) is 0 Å². The molecular weight excluding hydrogens is 448 g/mol. The number of anilines is 1. The van der Waals surface area contributed by atoms with Gasteiger partial charge in [0.2, 0.25) is 0 Å². The molecule has 2 N–H and O–H groups in total. The summed E-state index contributed by atoms with van der Waals surface area (Å²) in [6.07, 6.45) is 1.91. The van der Waals surface area contributed by atoms with Gasteiger partial charge < -0.3 is 29.6 Å². The first-order chi connectivity index (χ1) is 16.9. The maximum absolute atomic E-state index is 13.8. The zero-order valence-electron chi connectivity index (χ0n) is 20.6. The number of Topliss-reactive ketones (excluding diaryl/α,β-unsaturated/α-hetero) is 1. The van der Waals surface area contributed by atoms with Crippen LogP contribution in [0.5, 0.6) is 23.0 Å². The molecule has 1 heterocycles. The summed E-state index contributed by atoms with van der Waals surface area (Å²) in [5.74, 6) is 1.03. The Morgan fingerprint density at radius 2 is 1.57 bits per heavy atom. The summed E-state index contributed by atoms with van der Waals surface area (Å²) in [5.41, 5.74) is 3.71. The van der Waals surface area contributed by atoms with Gasteiger partial charge in [-0.3, -0.25) is 9.59 Å². The molecule has 184 valence electrons. The number of ketones is 1. The molecule has 0 aromatic heterocycles. The van der Waals surface area contributed by atoms with Crippen molar-refractivity contribution >= 4 is 17.4 Å². The highest BCUT2D eigenvalue weighted by atomic mass is 16.5. The maximum atomic E-state index is 13.8. The fraction of sp³-hybridized carbons (Fsp3) is 0.333. The average molecular weight is 479 g/mol. The number of para-hydroxylation sites is 2. The van der Waals surface area contributed by atoms with Crippen LogP contribution in [0.4, 0.5) is 5.69 Å². The molecule has 4 rings (SSSR count). The SMILES string of the molecule is COc1ccccc1NC(=O)C1=C(C)NC2=C(C(=O)CCC2)[C@@H]1c1cc(OC)c(OC)cc1OC. The summed E-state index contributed by atoms with van der Waals surface area (Å²) in [6, 6.07) is 10.7. The van der Waals surface area contributed by atoms with E-state index in [2.05, 4.69) is 10.6 Å². The smallest absolute Gasteiger partial charge is 0.254 e. The molecule has 1 amide bonds. The molecule has 0 fully saturated rings. The van der Waals surface area contributed by atoms with Crippen molar-refractivity contribution in [3.63, 3.8) is 0 Å². The molecule has 8 heteroatoms. The van der Waals surface area contributed by atoms with E-state index in [-0.39, 0.29) is 11.7 Å². The van der Waals surface area contributed by atoms with Gasteiger partial charge in [0.25, 0.3) is 5.91 Å².